The monoisotopic (exact) mass is 454 g/mol. The predicted molar refractivity (Wildman–Crippen MR) is 120 cm³/mol. The molecule has 1 N–H and O–H groups in total. The average molecular weight is 455 g/mol. The summed E-state index contributed by atoms with van der Waals surface area (Å²) < 4.78 is 3.06. The molecule has 0 bridgehead atoms. The van der Waals surface area contributed by atoms with Gasteiger partial charge in [-0.3, -0.25) is 14.4 Å². The van der Waals surface area contributed by atoms with E-state index in [1.807, 2.05) is 60.0 Å². The summed E-state index contributed by atoms with van der Waals surface area (Å²) in [4.78, 5) is 14.4. The van der Waals surface area contributed by atoms with Gasteiger partial charge in [-0.15, -0.1) is 0 Å². The number of amides is 1. The van der Waals surface area contributed by atoms with Gasteiger partial charge in [0.05, 0.1) is 18.8 Å². The summed E-state index contributed by atoms with van der Waals surface area (Å²) in [5, 5.41) is 7.70. The van der Waals surface area contributed by atoms with E-state index in [-0.39, 0.29) is 5.91 Å². The van der Waals surface area contributed by atoms with E-state index in [4.69, 9.17) is 0 Å². The lowest BCUT2D eigenvalue weighted by atomic mass is 10.2. The molecule has 5 nitrogen and oxygen atoms in total. The molecule has 0 saturated carbocycles. The summed E-state index contributed by atoms with van der Waals surface area (Å²) in [6.45, 7) is 6.34. The minimum absolute atomic E-state index is 0.00848. The predicted octanol–water partition coefficient (Wildman–Crippen LogP) is 4.06. The van der Waals surface area contributed by atoms with Crippen LogP contribution in [0.15, 0.2) is 59.1 Å². The van der Waals surface area contributed by atoms with Crippen molar-refractivity contribution in [3.63, 3.8) is 0 Å². The summed E-state index contributed by atoms with van der Waals surface area (Å²) >= 11 is 3.56. The first kappa shape index (κ1) is 21.3. The van der Waals surface area contributed by atoms with Crippen LogP contribution in [0.4, 0.5) is 0 Å². The molecule has 152 valence electrons. The highest BCUT2D eigenvalue weighted by Gasteiger charge is 2.14. The number of carbonyl (C=O) groups is 1. The van der Waals surface area contributed by atoms with Crippen LogP contribution < -0.4 is 5.32 Å². The number of benzene rings is 2. The maximum absolute atomic E-state index is 12.4. The first-order valence-corrected chi connectivity index (χ1v) is 10.5. The number of aromatic nitrogens is 2. The maximum atomic E-state index is 12.4. The number of hydrogen-bond acceptors (Lipinski definition) is 3. The number of nitrogens with one attached hydrogen (secondary N) is 1. The molecule has 0 aliphatic carbocycles. The molecule has 0 radical (unpaired) electrons. The number of likely N-dealkylation sites (N-methyl/N-ethyl adjacent to an activating group) is 1. The lowest BCUT2D eigenvalue weighted by Crippen LogP contribution is -2.34. The zero-order valence-electron chi connectivity index (χ0n) is 17.2. The number of nitrogens with zero attached hydrogens (tertiary/aromatic N) is 3. The molecule has 0 spiro atoms. The van der Waals surface area contributed by atoms with Crippen molar-refractivity contribution in [1.29, 1.82) is 0 Å². The summed E-state index contributed by atoms with van der Waals surface area (Å²) in [6.07, 6.45) is 0. The molecule has 0 unspecified atom stereocenters. The smallest absolute Gasteiger partial charge is 0.234 e. The van der Waals surface area contributed by atoms with Crippen molar-refractivity contribution in [3.05, 3.63) is 87.1 Å². The first-order chi connectivity index (χ1) is 13.9. The zero-order valence-corrected chi connectivity index (χ0v) is 18.7. The van der Waals surface area contributed by atoms with Crippen LogP contribution >= 0.6 is 15.9 Å². The normalized spacial score (nSPS) is 11.1. The molecule has 0 aliphatic heterocycles. The van der Waals surface area contributed by atoms with Crippen LogP contribution in [-0.2, 0) is 24.4 Å². The van der Waals surface area contributed by atoms with E-state index in [9.17, 15) is 4.79 Å². The molecule has 1 heterocycles. The average Bonchev–Trinajstić information content (AvgIpc) is 2.95. The lowest BCUT2D eigenvalue weighted by Gasteiger charge is -2.17. The standard InChI is InChI=1S/C23H27BrN4O/c1-17-21(18(2)28(26-17)14-19-9-5-4-6-10-19)13-25-23(29)16-27(3)15-20-11-7-8-12-22(20)24/h4-12H,13-16H2,1-3H3,(H,25,29). The van der Waals surface area contributed by atoms with Crippen LogP contribution in [0.3, 0.4) is 0 Å². The first-order valence-electron chi connectivity index (χ1n) is 9.69. The van der Waals surface area contributed by atoms with Gasteiger partial charge in [-0.25, -0.2) is 0 Å². The fourth-order valence-corrected chi connectivity index (χ4v) is 3.77. The Morgan fingerprint density at radius 2 is 1.79 bits per heavy atom. The van der Waals surface area contributed by atoms with Crippen LogP contribution in [0.1, 0.15) is 28.1 Å². The molecular weight excluding hydrogens is 428 g/mol. The molecule has 6 heteroatoms. The number of aryl methyl sites for hydroxylation is 1. The Bertz CT molecular complexity index is 968. The molecule has 1 amide bonds. The Morgan fingerprint density at radius 3 is 2.52 bits per heavy atom. The highest BCUT2D eigenvalue weighted by molar-refractivity contribution is 9.10. The van der Waals surface area contributed by atoms with Crippen molar-refractivity contribution in [2.24, 2.45) is 0 Å². The van der Waals surface area contributed by atoms with E-state index in [2.05, 4.69) is 51.5 Å². The molecule has 2 aromatic carbocycles. The van der Waals surface area contributed by atoms with E-state index < -0.39 is 0 Å². The second-order valence-corrected chi connectivity index (χ2v) is 8.19. The second kappa shape index (κ2) is 9.85. The molecule has 0 atom stereocenters. The largest absolute Gasteiger partial charge is 0.351 e. The topological polar surface area (TPSA) is 50.2 Å². The van der Waals surface area contributed by atoms with Gasteiger partial charge in [0, 0.05) is 28.8 Å². The van der Waals surface area contributed by atoms with E-state index in [1.54, 1.807) is 0 Å². The molecular formula is C23H27BrN4O. The van der Waals surface area contributed by atoms with E-state index in [0.29, 0.717) is 19.6 Å². The van der Waals surface area contributed by atoms with E-state index >= 15 is 0 Å². The minimum atomic E-state index is 0.00848. The highest BCUT2D eigenvalue weighted by atomic mass is 79.9. The van der Waals surface area contributed by atoms with Gasteiger partial charge in [0.1, 0.15) is 0 Å². The summed E-state index contributed by atoms with van der Waals surface area (Å²) in [5.74, 6) is 0.00848. The van der Waals surface area contributed by atoms with Crippen LogP contribution in [0.2, 0.25) is 0 Å². The Hall–Kier alpha value is -2.44. The van der Waals surface area contributed by atoms with Crippen LogP contribution in [-0.4, -0.2) is 34.2 Å². The number of hydrogen-bond donors (Lipinski definition) is 1. The number of halogens is 1. The fraction of sp³-hybridized carbons (Fsp3) is 0.304. The van der Waals surface area contributed by atoms with Crippen LogP contribution in [0, 0.1) is 13.8 Å². The molecule has 1 aromatic heterocycles. The van der Waals surface area contributed by atoms with Crippen molar-refractivity contribution in [1.82, 2.24) is 20.0 Å². The summed E-state index contributed by atoms with van der Waals surface area (Å²) in [7, 11) is 1.95. The van der Waals surface area contributed by atoms with Crippen molar-refractivity contribution in [2.45, 2.75) is 33.5 Å². The summed E-state index contributed by atoms with van der Waals surface area (Å²) in [6, 6.07) is 18.3. The third-order valence-electron chi connectivity index (χ3n) is 4.98. The molecule has 3 rings (SSSR count). The fourth-order valence-electron chi connectivity index (χ4n) is 3.36. The van der Waals surface area contributed by atoms with Gasteiger partial charge in [0.2, 0.25) is 5.91 Å². The van der Waals surface area contributed by atoms with Crippen molar-refractivity contribution in [2.75, 3.05) is 13.6 Å². The molecule has 0 aliphatic rings. The molecule has 0 saturated heterocycles. The Morgan fingerprint density at radius 1 is 1.10 bits per heavy atom. The van der Waals surface area contributed by atoms with Gasteiger partial charge in [0.15, 0.2) is 0 Å². The van der Waals surface area contributed by atoms with E-state index in [1.165, 1.54) is 5.56 Å². The van der Waals surface area contributed by atoms with Gasteiger partial charge < -0.3 is 5.32 Å². The highest BCUT2D eigenvalue weighted by Crippen LogP contribution is 2.17. The number of rotatable bonds is 8. The van der Waals surface area contributed by atoms with Gasteiger partial charge >= 0.3 is 0 Å². The third-order valence-corrected chi connectivity index (χ3v) is 5.75. The van der Waals surface area contributed by atoms with Crippen molar-refractivity contribution < 1.29 is 4.79 Å². The van der Waals surface area contributed by atoms with Gasteiger partial charge in [-0.05, 0) is 38.1 Å². The molecule has 3 aromatic rings. The quantitative estimate of drug-likeness (QED) is 0.558. The van der Waals surface area contributed by atoms with Crippen molar-refractivity contribution in [3.8, 4) is 0 Å². The van der Waals surface area contributed by atoms with Gasteiger partial charge in [0.25, 0.3) is 0 Å². The Labute approximate surface area is 180 Å². The summed E-state index contributed by atoms with van der Waals surface area (Å²) in [5.41, 5.74) is 5.51. The Kier molecular flexibility index (Phi) is 7.23. The third kappa shape index (κ3) is 5.78. The van der Waals surface area contributed by atoms with Gasteiger partial charge in [-0.2, -0.15) is 5.10 Å². The van der Waals surface area contributed by atoms with Crippen LogP contribution in [0.5, 0.6) is 0 Å². The Balaban J connectivity index is 1.55. The minimum Gasteiger partial charge on any atom is -0.351 e. The van der Waals surface area contributed by atoms with Crippen LogP contribution in [0.25, 0.3) is 0 Å². The van der Waals surface area contributed by atoms with Gasteiger partial charge in [-0.1, -0.05) is 64.5 Å². The number of carbonyl (C=O) groups excluding carboxylic acids is 1. The molecule has 0 fully saturated rings. The lowest BCUT2D eigenvalue weighted by molar-refractivity contribution is -0.122. The maximum Gasteiger partial charge on any atom is 0.234 e. The SMILES string of the molecule is Cc1nn(Cc2ccccc2)c(C)c1CNC(=O)CN(C)Cc1ccccc1Br. The molecule has 29 heavy (non-hydrogen) atoms. The van der Waals surface area contributed by atoms with Crippen molar-refractivity contribution >= 4 is 21.8 Å². The zero-order chi connectivity index (χ0) is 20.8. The van der Waals surface area contributed by atoms with E-state index in [0.717, 1.165) is 33.5 Å². The second-order valence-electron chi connectivity index (χ2n) is 7.33.